The maximum absolute atomic E-state index is 14.1. The number of ether oxygens (including phenoxy) is 1. The highest BCUT2D eigenvalue weighted by Crippen LogP contribution is 2.47. The van der Waals surface area contributed by atoms with Crippen molar-refractivity contribution in [3.63, 3.8) is 0 Å². The molecule has 21 heavy (non-hydrogen) atoms. The molecule has 1 saturated carbocycles. The van der Waals surface area contributed by atoms with Gasteiger partial charge < -0.3 is 4.74 Å². The van der Waals surface area contributed by atoms with Crippen molar-refractivity contribution in [3.05, 3.63) is 29.1 Å². The fourth-order valence-electron chi connectivity index (χ4n) is 2.89. The fourth-order valence-corrected chi connectivity index (χ4v) is 2.89. The minimum atomic E-state index is -3.19. The molecule has 0 heterocycles. The number of isocyanates is 1. The van der Waals surface area contributed by atoms with E-state index in [4.69, 9.17) is 4.74 Å². The van der Waals surface area contributed by atoms with Gasteiger partial charge in [-0.05, 0) is 25.0 Å². The number of rotatable bonds is 4. The van der Waals surface area contributed by atoms with Crippen molar-refractivity contribution < 1.29 is 22.7 Å². The molecule has 0 aromatic heterocycles. The Labute approximate surface area is 120 Å². The SMILES string of the molecule is COc1c(F)cc(C(C)(F)F)cc1C1(N=C=O)CCCC1. The molecule has 0 saturated heterocycles. The van der Waals surface area contributed by atoms with Gasteiger partial charge in [-0.3, -0.25) is 0 Å². The van der Waals surface area contributed by atoms with Crippen LogP contribution in [0, 0.1) is 5.82 Å². The minimum absolute atomic E-state index is 0.135. The number of alkyl halides is 2. The monoisotopic (exact) mass is 299 g/mol. The van der Waals surface area contributed by atoms with E-state index in [1.54, 1.807) is 0 Å². The summed E-state index contributed by atoms with van der Waals surface area (Å²) in [6.45, 7) is 0.697. The Morgan fingerprint density at radius 3 is 2.43 bits per heavy atom. The van der Waals surface area contributed by atoms with Gasteiger partial charge >= 0.3 is 0 Å². The molecule has 0 N–H and O–H groups in total. The van der Waals surface area contributed by atoms with Gasteiger partial charge in [-0.1, -0.05) is 12.8 Å². The Bertz CT molecular complexity index is 583. The molecular weight excluding hydrogens is 283 g/mol. The van der Waals surface area contributed by atoms with Crippen molar-refractivity contribution in [2.75, 3.05) is 7.11 Å². The second kappa shape index (κ2) is 5.53. The number of hydrogen-bond donors (Lipinski definition) is 0. The summed E-state index contributed by atoms with van der Waals surface area (Å²) in [6.07, 6.45) is 4.01. The van der Waals surface area contributed by atoms with E-state index < -0.39 is 22.8 Å². The Morgan fingerprint density at radius 1 is 1.33 bits per heavy atom. The molecule has 6 heteroatoms. The minimum Gasteiger partial charge on any atom is -0.493 e. The molecular formula is C15H16F3NO2. The van der Waals surface area contributed by atoms with Gasteiger partial charge in [-0.25, -0.2) is 18.0 Å². The van der Waals surface area contributed by atoms with Gasteiger partial charge in [-0.2, -0.15) is 4.99 Å². The summed E-state index contributed by atoms with van der Waals surface area (Å²) in [6, 6.07) is 1.95. The summed E-state index contributed by atoms with van der Waals surface area (Å²) < 4.78 is 46.2. The molecule has 3 nitrogen and oxygen atoms in total. The van der Waals surface area contributed by atoms with E-state index in [2.05, 4.69) is 4.99 Å². The number of halogens is 3. The molecule has 1 fully saturated rings. The van der Waals surface area contributed by atoms with Crippen LogP contribution in [0.1, 0.15) is 43.7 Å². The Kier molecular flexibility index (Phi) is 4.10. The van der Waals surface area contributed by atoms with Crippen molar-refractivity contribution in [1.29, 1.82) is 0 Å². The van der Waals surface area contributed by atoms with Crippen molar-refractivity contribution in [2.24, 2.45) is 4.99 Å². The third-order valence-electron chi connectivity index (χ3n) is 3.95. The zero-order valence-corrected chi connectivity index (χ0v) is 11.9. The largest absolute Gasteiger partial charge is 0.493 e. The van der Waals surface area contributed by atoms with Crippen LogP contribution in [0.4, 0.5) is 13.2 Å². The normalized spacial score (nSPS) is 17.4. The lowest BCUT2D eigenvalue weighted by atomic mass is 9.86. The second-order valence-corrected chi connectivity index (χ2v) is 5.37. The number of carbonyl (C=O) groups excluding carboxylic acids is 1. The average Bonchev–Trinajstić information content (AvgIpc) is 2.87. The maximum Gasteiger partial charge on any atom is 0.270 e. The lowest BCUT2D eigenvalue weighted by Gasteiger charge is -2.26. The second-order valence-electron chi connectivity index (χ2n) is 5.37. The molecule has 1 aromatic carbocycles. The summed E-state index contributed by atoms with van der Waals surface area (Å²) in [5.74, 6) is -4.20. The standard InChI is InChI=1S/C15H16F3NO2/c1-14(17,18)10-7-11(13(21-2)12(16)8-10)15(19-9-20)5-3-4-6-15/h7-8H,3-6H2,1-2H3. The van der Waals surface area contributed by atoms with E-state index in [1.807, 2.05) is 0 Å². The average molecular weight is 299 g/mol. The molecule has 2 rings (SSSR count). The molecule has 0 unspecified atom stereocenters. The van der Waals surface area contributed by atoms with Gasteiger partial charge in [0.1, 0.15) is 5.54 Å². The quantitative estimate of drug-likeness (QED) is 0.621. The summed E-state index contributed by atoms with van der Waals surface area (Å²) in [5.41, 5.74) is -1.28. The van der Waals surface area contributed by atoms with Crippen molar-refractivity contribution in [3.8, 4) is 5.75 Å². The zero-order valence-electron chi connectivity index (χ0n) is 11.9. The van der Waals surface area contributed by atoms with Crippen molar-refractivity contribution in [2.45, 2.75) is 44.1 Å². The lowest BCUT2D eigenvalue weighted by molar-refractivity contribution is 0.0169. The van der Waals surface area contributed by atoms with Gasteiger partial charge in [0.15, 0.2) is 11.6 Å². The first kappa shape index (κ1) is 15.6. The predicted octanol–water partition coefficient (Wildman–Crippen LogP) is 4.05. The van der Waals surface area contributed by atoms with Crippen LogP contribution in [0.2, 0.25) is 0 Å². The van der Waals surface area contributed by atoms with Crippen LogP contribution in [0.3, 0.4) is 0 Å². The Balaban J connectivity index is 2.70. The van der Waals surface area contributed by atoms with E-state index in [9.17, 15) is 18.0 Å². The maximum atomic E-state index is 14.1. The van der Waals surface area contributed by atoms with E-state index in [0.29, 0.717) is 19.8 Å². The highest BCUT2D eigenvalue weighted by atomic mass is 19.3. The smallest absolute Gasteiger partial charge is 0.270 e. The molecule has 0 radical (unpaired) electrons. The molecule has 114 valence electrons. The highest BCUT2D eigenvalue weighted by molar-refractivity contribution is 5.48. The third kappa shape index (κ3) is 2.81. The molecule has 0 atom stereocenters. The summed E-state index contributed by atoms with van der Waals surface area (Å²) in [4.78, 5) is 14.5. The first-order chi connectivity index (χ1) is 9.84. The number of hydrogen-bond acceptors (Lipinski definition) is 3. The van der Waals surface area contributed by atoms with Gasteiger partial charge in [0, 0.05) is 18.1 Å². The van der Waals surface area contributed by atoms with Crippen molar-refractivity contribution in [1.82, 2.24) is 0 Å². The number of benzene rings is 1. The van der Waals surface area contributed by atoms with E-state index in [-0.39, 0.29) is 11.3 Å². The zero-order chi connectivity index (χ0) is 15.7. The van der Waals surface area contributed by atoms with Gasteiger partial charge in [0.25, 0.3) is 5.92 Å². The van der Waals surface area contributed by atoms with E-state index >= 15 is 0 Å². The van der Waals surface area contributed by atoms with Crippen LogP contribution < -0.4 is 4.74 Å². The number of methoxy groups -OCH3 is 1. The summed E-state index contributed by atoms with van der Waals surface area (Å²) in [7, 11) is 1.26. The summed E-state index contributed by atoms with van der Waals surface area (Å²) >= 11 is 0. The molecule has 0 aliphatic heterocycles. The highest BCUT2D eigenvalue weighted by Gasteiger charge is 2.40. The van der Waals surface area contributed by atoms with Crippen LogP contribution in [-0.4, -0.2) is 13.2 Å². The predicted molar refractivity (Wildman–Crippen MR) is 70.8 cm³/mol. The van der Waals surface area contributed by atoms with E-state index in [0.717, 1.165) is 18.9 Å². The topological polar surface area (TPSA) is 38.7 Å². The first-order valence-corrected chi connectivity index (χ1v) is 6.69. The molecule has 0 bridgehead atoms. The summed E-state index contributed by atoms with van der Waals surface area (Å²) in [5, 5.41) is 0. The first-order valence-electron chi connectivity index (χ1n) is 6.69. The number of aliphatic imine (C=N–C) groups is 1. The molecule has 0 amide bonds. The van der Waals surface area contributed by atoms with Crippen LogP contribution >= 0.6 is 0 Å². The van der Waals surface area contributed by atoms with Crippen LogP contribution in [0.15, 0.2) is 17.1 Å². The van der Waals surface area contributed by atoms with Crippen LogP contribution in [0.25, 0.3) is 0 Å². The van der Waals surface area contributed by atoms with Gasteiger partial charge in [-0.15, -0.1) is 0 Å². The van der Waals surface area contributed by atoms with Gasteiger partial charge in [0.2, 0.25) is 6.08 Å². The lowest BCUT2D eigenvalue weighted by Crippen LogP contribution is -2.22. The number of nitrogens with zero attached hydrogens (tertiary/aromatic N) is 1. The van der Waals surface area contributed by atoms with Gasteiger partial charge in [0.05, 0.1) is 7.11 Å². The molecule has 1 aliphatic rings. The molecule has 1 aliphatic carbocycles. The van der Waals surface area contributed by atoms with Crippen molar-refractivity contribution >= 4 is 6.08 Å². The molecule has 0 spiro atoms. The Hall–Kier alpha value is -1.81. The fraction of sp³-hybridized carbons (Fsp3) is 0.533. The third-order valence-corrected chi connectivity index (χ3v) is 3.95. The molecule has 1 aromatic rings. The van der Waals surface area contributed by atoms with E-state index in [1.165, 1.54) is 19.3 Å². The van der Waals surface area contributed by atoms with Crippen LogP contribution in [0.5, 0.6) is 5.75 Å². The Morgan fingerprint density at radius 2 is 1.95 bits per heavy atom. The van der Waals surface area contributed by atoms with Crippen LogP contribution in [-0.2, 0) is 16.3 Å².